The number of ether oxygens (including phenoxy) is 1. The Bertz CT molecular complexity index is 1170. The number of carbonyl (C=O) groups is 2. The molecule has 0 radical (unpaired) electrons. The number of halogens is 2. The molecule has 170 valence electrons. The summed E-state index contributed by atoms with van der Waals surface area (Å²) in [7, 11) is 0. The van der Waals surface area contributed by atoms with Crippen LogP contribution in [-0.4, -0.2) is 34.7 Å². The average Bonchev–Trinajstić information content (AvgIpc) is 2.80. The molecule has 3 rings (SSSR count). The first-order chi connectivity index (χ1) is 15.8. The summed E-state index contributed by atoms with van der Waals surface area (Å²) < 4.78 is 33.4. The van der Waals surface area contributed by atoms with Gasteiger partial charge in [0.05, 0.1) is 10.5 Å². The van der Waals surface area contributed by atoms with Gasteiger partial charge in [-0.3, -0.25) is 19.7 Å². The lowest BCUT2D eigenvalue weighted by Crippen LogP contribution is -2.38. The second-order valence-electron chi connectivity index (χ2n) is 6.82. The van der Waals surface area contributed by atoms with E-state index in [-0.39, 0.29) is 23.5 Å². The number of nitro groups is 1. The largest absolute Gasteiger partial charge is 0.457 e. The normalized spacial score (nSPS) is 10.4. The molecule has 0 atom stereocenters. The van der Waals surface area contributed by atoms with Crippen LogP contribution in [0.5, 0.6) is 11.5 Å². The number of anilines is 1. The topological polar surface area (TPSA) is 102 Å². The second kappa shape index (κ2) is 10.3. The molecule has 2 amide bonds. The third-order valence-electron chi connectivity index (χ3n) is 4.61. The van der Waals surface area contributed by atoms with Crippen LogP contribution in [0.4, 0.5) is 20.2 Å². The highest BCUT2D eigenvalue weighted by Gasteiger charge is 2.25. The fourth-order valence-electron chi connectivity index (χ4n) is 2.97. The zero-order chi connectivity index (χ0) is 24.0. The molecule has 0 spiro atoms. The smallest absolute Gasteiger partial charge is 0.270 e. The van der Waals surface area contributed by atoms with E-state index in [9.17, 15) is 28.5 Å². The number of likely N-dealkylation sites (N-methyl/N-ethyl adjacent to an activating group) is 1. The van der Waals surface area contributed by atoms with E-state index < -0.39 is 40.6 Å². The van der Waals surface area contributed by atoms with Crippen LogP contribution in [0, 0.1) is 21.7 Å². The molecular weight excluding hydrogens is 436 g/mol. The summed E-state index contributed by atoms with van der Waals surface area (Å²) in [5, 5.41) is 13.3. The number of para-hydroxylation sites is 2. The molecule has 0 heterocycles. The fourth-order valence-corrected chi connectivity index (χ4v) is 2.97. The maximum Gasteiger partial charge on any atom is 0.270 e. The van der Waals surface area contributed by atoms with Gasteiger partial charge in [0.15, 0.2) is 0 Å². The van der Waals surface area contributed by atoms with Gasteiger partial charge in [0, 0.05) is 18.7 Å². The van der Waals surface area contributed by atoms with Crippen molar-refractivity contribution in [2.45, 2.75) is 6.92 Å². The third-order valence-corrected chi connectivity index (χ3v) is 4.61. The quantitative estimate of drug-likeness (QED) is 0.390. The Labute approximate surface area is 187 Å². The van der Waals surface area contributed by atoms with Gasteiger partial charge in [-0.1, -0.05) is 24.3 Å². The summed E-state index contributed by atoms with van der Waals surface area (Å²) in [6.07, 6.45) is 0. The molecular formula is C23H19F2N3O5. The predicted octanol–water partition coefficient (Wildman–Crippen LogP) is 4.77. The molecule has 0 bridgehead atoms. The molecule has 3 aromatic carbocycles. The van der Waals surface area contributed by atoms with Crippen LogP contribution in [0.15, 0.2) is 66.7 Å². The van der Waals surface area contributed by atoms with Crippen molar-refractivity contribution in [3.8, 4) is 11.5 Å². The predicted molar refractivity (Wildman–Crippen MR) is 116 cm³/mol. The first-order valence-electron chi connectivity index (χ1n) is 9.84. The first-order valence-corrected chi connectivity index (χ1v) is 9.84. The van der Waals surface area contributed by atoms with E-state index in [0.717, 1.165) is 29.2 Å². The molecule has 0 aliphatic rings. The van der Waals surface area contributed by atoms with Crippen molar-refractivity contribution in [2.24, 2.45) is 0 Å². The van der Waals surface area contributed by atoms with Gasteiger partial charge >= 0.3 is 0 Å². The zero-order valence-corrected chi connectivity index (χ0v) is 17.5. The molecule has 3 aromatic rings. The minimum Gasteiger partial charge on any atom is -0.457 e. The molecule has 0 saturated heterocycles. The number of amides is 2. The summed E-state index contributed by atoms with van der Waals surface area (Å²) >= 11 is 0. The Kier molecular flexibility index (Phi) is 7.29. The van der Waals surface area contributed by atoms with E-state index >= 15 is 0 Å². The van der Waals surface area contributed by atoms with Gasteiger partial charge in [-0.15, -0.1) is 0 Å². The zero-order valence-electron chi connectivity index (χ0n) is 17.5. The van der Waals surface area contributed by atoms with E-state index in [1.54, 1.807) is 37.3 Å². The van der Waals surface area contributed by atoms with Crippen LogP contribution in [0.2, 0.25) is 0 Å². The van der Waals surface area contributed by atoms with Crippen molar-refractivity contribution in [1.82, 2.24) is 4.90 Å². The highest BCUT2D eigenvalue weighted by atomic mass is 19.1. The number of hydrogen-bond acceptors (Lipinski definition) is 5. The summed E-state index contributed by atoms with van der Waals surface area (Å²) in [5.41, 5.74) is -1.11. The summed E-state index contributed by atoms with van der Waals surface area (Å²) in [5.74, 6) is -3.04. The van der Waals surface area contributed by atoms with Gasteiger partial charge in [0.25, 0.3) is 11.6 Å². The Morgan fingerprint density at radius 3 is 2.30 bits per heavy atom. The maximum absolute atomic E-state index is 13.8. The number of nitrogens with zero attached hydrogens (tertiary/aromatic N) is 2. The van der Waals surface area contributed by atoms with Crippen LogP contribution in [-0.2, 0) is 4.79 Å². The number of nitrogens with one attached hydrogen (secondary N) is 1. The minimum atomic E-state index is -0.963. The van der Waals surface area contributed by atoms with Crippen molar-refractivity contribution >= 4 is 23.2 Å². The number of nitro benzene ring substituents is 1. The lowest BCUT2D eigenvalue weighted by atomic mass is 10.1. The monoisotopic (exact) mass is 455 g/mol. The highest BCUT2D eigenvalue weighted by Crippen LogP contribution is 2.30. The van der Waals surface area contributed by atoms with Crippen LogP contribution < -0.4 is 10.1 Å². The number of benzene rings is 3. The molecule has 0 unspecified atom stereocenters. The van der Waals surface area contributed by atoms with Crippen LogP contribution >= 0.6 is 0 Å². The molecule has 10 heteroatoms. The summed E-state index contributed by atoms with van der Waals surface area (Å²) in [6.45, 7) is 1.08. The number of rotatable bonds is 8. The lowest BCUT2D eigenvalue weighted by Gasteiger charge is -2.22. The van der Waals surface area contributed by atoms with Gasteiger partial charge in [-0.2, -0.15) is 0 Å². The van der Waals surface area contributed by atoms with Gasteiger partial charge in [-0.05, 0) is 37.3 Å². The summed E-state index contributed by atoms with van der Waals surface area (Å²) in [6, 6.07) is 15.1. The highest BCUT2D eigenvalue weighted by molar-refractivity contribution is 6.01. The van der Waals surface area contributed by atoms with Crippen molar-refractivity contribution in [2.75, 3.05) is 18.4 Å². The molecule has 8 nitrogen and oxygen atoms in total. The van der Waals surface area contributed by atoms with E-state index in [1.807, 2.05) is 0 Å². The fraction of sp³-hybridized carbons (Fsp3) is 0.130. The summed E-state index contributed by atoms with van der Waals surface area (Å²) in [4.78, 5) is 37.2. The second-order valence-corrected chi connectivity index (χ2v) is 6.82. The van der Waals surface area contributed by atoms with Gasteiger partial charge in [-0.25, -0.2) is 8.78 Å². The number of hydrogen-bond donors (Lipinski definition) is 1. The van der Waals surface area contributed by atoms with Crippen molar-refractivity contribution in [3.05, 3.63) is 94.0 Å². The first kappa shape index (κ1) is 23.3. The molecule has 0 aromatic heterocycles. The molecule has 1 N–H and O–H groups in total. The van der Waals surface area contributed by atoms with E-state index in [4.69, 9.17) is 4.74 Å². The van der Waals surface area contributed by atoms with Gasteiger partial charge in [0.2, 0.25) is 5.91 Å². The van der Waals surface area contributed by atoms with Crippen molar-refractivity contribution < 1.29 is 28.0 Å². The third kappa shape index (κ3) is 5.67. The van der Waals surface area contributed by atoms with E-state index in [2.05, 4.69) is 5.32 Å². The van der Waals surface area contributed by atoms with E-state index in [1.165, 1.54) is 12.1 Å². The molecule has 0 saturated carbocycles. The van der Waals surface area contributed by atoms with Crippen LogP contribution in [0.1, 0.15) is 17.3 Å². The maximum atomic E-state index is 13.8. The lowest BCUT2D eigenvalue weighted by molar-refractivity contribution is -0.384. The molecule has 0 aliphatic heterocycles. The van der Waals surface area contributed by atoms with Crippen molar-refractivity contribution in [1.29, 1.82) is 0 Å². The number of non-ortho nitro benzene ring substituents is 1. The molecule has 0 fully saturated rings. The average molecular weight is 455 g/mol. The minimum absolute atomic E-state index is 0.0411. The van der Waals surface area contributed by atoms with E-state index in [0.29, 0.717) is 5.75 Å². The Morgan fingerprint density at radius 1 is 1.03 bits per heavy atom. The van der Waals surface area contributed by atoms with Crippen LogP contribution in [0.3, 0.4) is 0 Å². The SMILES string of the molecule is CCN(CC(=O)Nc1c(F)cccc1F)C(=O)c1cc([N+](=O)[O-])ccc1Oc1ccccc1. The van der Waals surface area contributed by atoms with Crippen LogP contribution in [0.25, 0.3) is 0 Å². The number of carbonyl (C=O) groups excluding carboxylic acids is 2. The Hall–Kier alpha value is -4.34. The molecule has 0 aliphatic carbocycles. The molecule has 33 heavy (non-hydrogen) atoms. The standard InChI is InChI=1S/C23H19F2N3O5/c1-2-27(14-21(29)26-22-18(24)9-6-10-19(22)25)23(30)17-13-15(28(31)32)11-12-20(17)33-16-7-4-3-5-8-16/h3-13H,2,14H2,1H3,(H,26,29). The van der Waals surface area contributed by atoms with Crippen molar-refractivity contribution in [3.63, 3.8) is 0 Å². The Morgan fingerprint density at radius 2 is 1.70 bits per heavy atom. The van der Waals surface area contributed by atoms with Gasteiger partial charge < -0.3 is 15.0 Å². The Balaban J connectivity index is 1.86. The van der Waals surface area contributed by atoms with Gasteiger partial charge in [0.1, 0.15) is 35.4 Å².